The first-order chi connectivity index (χ1) is 10.1. The summed E-state index contributed by atoms with van der Waals surface area (Å²) in [5, 5.41) is 6.49. The van der Waals surface area contributed by atoms with Gasteiger partial charge in [0, 0.05) is 24.0 Å². The largest absolute Gasteiger partial charge is 0.355 e. The summed E-state index contributed by atoms with van der Waals surface area (Å²) in [7, 11) is 0. The van der Waals surface area contributed by atoms with Crippen molar-refractivity contribution in [3.63, 3.8) is 0 Å². The van der Waals surface area contributed by atoms with Gasteiger partial charge in [0.05, 0.1) is 5.75 Å². The topological polar surface area (TPSA) is 41.1 Å². The molecule has 2 N–H and O–H groups in total. The minimum Gasteiger partial charge on any atom is -0.355 e. The summed E-state index contributed by atoms with van der Waals surface area (Å²) in [6.45, 7) is 6.05. The first-order valence-corrected chi connectivity index (χ1v) is 8.84. The molecule has 2 rings (SSSR count). The van der Waals surface area contributed by atoms with Gasteiger partial charge in [-0.15, -0.1) is 11.8 Å². The van der Waals surface area contributed by atoms with E-state index >= 15 is 0 Å². The second-order valence-electron chi connectivity index (χ2n) is 6.12. The van der Waals surface area contributed by atoms with Gasteiger partial charge in [0.15, 0.2) is 0 Å². The Balaban J connectivity index is 1.69. The fraction of sp³-hybridized carbons (Fsp3) is 0.588. The summed E-state index contributed by atoms with van der Waals surface area (Å²) in [5.41, 5.74) is 1.30. The number of benzene rings is 1. The summed E-state index contributed by atoms with van der Waals surface area (Å²) in [4.78, 5) is 12.9. The van der Waals surface area contributed by atoms with Gasteiger partial charge in [-0.2, -0.15) is 0 Å². The van der Waals surface area contributed by atoms with Gasteiger partial charge in [-0.05, 0) is 42.9 Å². The Morgan fingerprint density at radius 3 is 2.90 bits per heavy atom. The van der Waals surface area contributed by atoms with Crippen molar-refractivity contribution >= 4 is 17.7 Å². The molecule has 116 valence electrons. The third kappa shape index (κ3) is 7.00. The lowest BCUT2D eigenvalue weighted by molar-refractivity contribution is -0.118. The fourth-order valence-corrected chi connectivity index (χ4v) is 2.80. The molecule has 1 aliphatic carbocycles. The van der Waals surface area contributed by atoms with E-state index in [1.807, 2.05) is 0 Å². The van der Waals surface area contributed by atoms with Crippen molar-refractivity contribution in [1.82, 2.24) is 10.6 Å². The maximum atomic E-state index is 11.8. The lowest BCUT2D eigenvalue weighted by Crippen LogP contribution is -2.26. The van der Waals surface area contributed by atoms with E-state index in [9.17, 15) is 4.79 Å². The van der Waals surface area contributed by atoms with Crippen LogP contribution in [0.4, 0.5) is 0 Å². The Bertz CT molecular complexity index is 458. The molecule has 21 heavy (non-hydrogen) atoms. The molecular weight excluding hydrogens is 280 g/mol. The molecular formula is C17H26N2OS. The van der Waals surface area contributed by atoms with Gasteiger partial charge in [-0.3, -0.25) is 4.79 Å². The number of thioether (sulfide) groups is 1. The lowest BCUT2D eigenvalue weighted by Gasteiger charge is -2.08. The zero-order valence-corrected chi connectivity index (χ0v) is 13.8. The fourth-order valence-electron chi connectivity index (χ4n) is 2.00. The van der Waals surface area contributed by atoms with Crippen molar-refractivity contribution in [2.75, 3.05) is 12.3 Å². The minimum atomic E-state index is 0.127. The van der Waals surface area contributed by atoms with Crippen LogP contribution < -0.4 is 10.6 Å². The summed E-state index contributed by atoms with van der Waals surface area (Å²) in [5.74, 6) is 1.26. The van der Waals surface area contributed by atoms with E-state index in [1.165, 1.54) is 23.3 Å². The maximum absolute atomic E-state index is 11.8. The van der Waals surface area contributed by atoms with E-state index in [0.29, 0.717) is 11.7 Å². The predicted molar refractivity (Wildman–Crippen MR) is 89.5 cm³/mol. The first kappa shape index (κ1) is 16.4. The Morgan fingerprint density at radius 2 is 2.19 bits per heavy atom. The molecule has 0 aromatic heterocycles. The third-order valence-corrected chi connectivity index (χ3v) is 4.48. The quantitative estimate of drug-likeness (QED) is 0.688. The third-order valence-electron chi connectivity index (χ3n) is 3.48. The van der Waals surface area contributed by atoms with Crippen molar-refractivity contribution < 1.29 is 4.79 Å². The number of amides is 1. The molecule has 0 atom stereocenters. The van der Waals surface area contributed by atoms with E-state index in [1.54, 1.807) is 11.8 Å². The van der Waals surface area contributed by atoms with Gasteiger partial charge < -0.3 is 10.6 Å². The average molecular weight is 306 g/mol. The zero-order chi connectivity index (χ0) is 15.1. The van der Waals surface area contributed by atoms with Crippen molar-refractivity contribution in [2.24, 2.45) is 5.92 Å². The highest BCUT2D eigenvalue weighted by molar-refractivity contribution is 8.00. The molecule has 0 spiro atoms. The number of hydrogen-bond acceptors (Lipinski definition) is 3. The Hall–Kier alpha value is -1.00. The molecule has 0 aliphatic heterocycles. The first-order valence-electron chi connectivity index (χ1n) is 7.85. The second-order valence-corrected chi connectivity index (χ2v) is 7.17. The lowest BCUT2D eigenvalue weighted by atomic mass is 10.1. The monoisotopic (exact) mass is 306 g/mol. The highest BCUT2D eigenvalue weighted by Crippen LogP contribution is 2.21. The van der Waals surface area contributed by atoms with Crippen LogP contribution >= 0.6 is 11.8 Å². The summed E-state index contributed by atoms with van der Waals surface area (Å²) in [6, 6.07) is 9.20. The van der Waals surface area contributed by atoms with Gasteiger partial charge in [0.1, 0.15) is 0 Å². The van der Waals surface area contributed by atoms with Crippen molar-refractivity contribution in [3.05, 3.63) is 29.8 Å². The molecule has 3 nitrogen and oxygen atoms in total. The van der Waals surface area contributed by atoms with Crippen LogP contribution in [0.2, 0.25) is 0 Å². The van der Waals surface area contributed by atoms with Crippen LogP contribution in [0.3, 0.4) is 0 Å². The van der Waals surface area contributed by atoms with Crippen LogP contribution in [0.25, 0.3) is 0 Å². The van der Waals surface area contributed by atoms with Crippen molar-refractivity contribution in [3.8, 4) is 0 Å². The van der Waals surface area contributed by atoms with Crippen molar-refractivity contribution in [2.45, 2.75) is 50.6 Å². The zero-order valence-electron chi connectivity index (χ0n) is 13.0. The second kappa shape index (κ2) is 8.44. The molecule has 0 unspecified atom stereocenters. The average Bonchev–Trinajstić information content (AvgIpc) is 3.27. The van der Waals surface area contributed by atoms with Gasteiger partial charge in [-0.1, -0.05) is 26.0 Å². The number of carbonyl (C=O) groups excluding carboxylic acids is 1. The van der Waals surface area contributed by atoms with Crippen LogP contribution in [0.15, 0.2) is 29.2 Å². The molecule has 1 aromatic rings. The number of hydrogen-bond donors (Lipinski definition) is 2. The van der Waals surface area contributed by atoms with Crippen molar-refractivity contribution in [1.29, 1.82) is 0 Å². The minimum absolute atomic E-state index is 0.127. The van der Waals surface area contributed by atoms with Crippen LogP contribution in [-0.4, -0.2) is 24.2 Å². The summed E-state index contributed by atoms with van der Waals surface area (Å²) < 4.78 is 0. The van der Waals surface area contributed by atoms with Gasteiger partial charge >= 0.3 is 0 Å². The molecule has 0 saturated heterocycles. The SMILES string of the molecule is CC(C)CCNC(=O)CSc1cccc(CNC2CC2)c1. The Kier molecular flexibility index (Phi) is 6.58. The molecule has 1 saturated carbocycles. The normalized spacial score (nSPS) is 14.4. The van der Waals surface area contributed by atoms with Crippen LogP contribution in [0.1, 0.15) is 38.7 Å². The number of carbonyl (C=O) groups is 1. The molecule has 1 amide bonds. The van der Waals surface area contributed by atoms with E-state index in [-0.39, 0.29) is 5.91 Å². The highest BCUT2D eigenvalue weighted by atomic mass is 32.2. The standard InChI is InChI=1S/C17H26N2OS/c1-13(2)8-9-18-17(20)12-21-16-5-3-4-14(10-16)11-19-15-6-7-15/h3-5,10,13,15,19H,6-9,11-12H2,1-2H3,(H,18,20). The molecule has 1 aromatic carbocycles. The van der Waals surface area contributed by atoms with Crippen LogP contribution in [0, 0.1) is 5.92 Å². The highest BCUT2D eigenvalue weighted by Gasteiger charge is 2.19. The molecule has 1 fully saturated rings. The van der Waals surface area contributed by atoms with Gasteiger partial charge in [0.25, 0.3) is 0 Å². The molecule has 0 radical (unpaired) electrons. The van der Waals surface area contributed by atoms with E-state index < -0.39 is 0 Å². The number of nitrogens with one attached hydrogen (secondary N) is 2. The smallest absolute Gasteiger partial charge is 0.230 e. The van der Waals surface area contributed by atoms with E-state index in [4.69, 9.17) is 0 Å². The molecule has 0 heterocycles. The maximum Gasteiger partial charge on any atom is 0.230 e. The summed E-state index contributed by atoms with van der Waals surface area (Å²) in [6.07, 6.45) is 3.66. The van der Waals surface area contributed by atoms with Gasteiger partial charge in [-0.25, -0.2) is 0 Å². The summed E-state index contributed by atoms with van der Waals surface area (Å²) >= 11 is 1.61. The van der Waals surface area contributed by atoms with E-state index in [0.717, 1.165) is 25.6 Å². The number of rotatable bonds is 9. The molecule has 1 aliphatic rings. The van der Waals surface area contributed by atoms with Gasteiger partial charge in [0.2, 0.25) is 5.91 Å². The molecule has 0 bridgehead atoms. The predicted octanol–water partition coefficient (Wildman–Crippen LogP) is 3.19. The Labute approximate surface area is 132 Å². The van der Waals surface area contributed by atoms with Crippen LogP contribution in [0.5, 0.6) is 0 Å². The molecule has 4 heteroatoms. The van der Waals surface area contributed by atoms with E-state index in [2.05, 4.69) is 48.7 Å². The van der Waals surface area contributed by atoms with Crippen LogP contribution in [-0.2, 0) is 11.3 Å². The Morgan fingerprint density at radius 1 is 1.38 bits per heavy atom.